The summed E-state index contributed by atoms with van der Waals surface area (Å²) in [7, 11) is 0. The highest BCUT2D eigenvalue weighted by molar-refractivity contribution is 7.80. The average Bonchev–Trinajstić information content (AvgIpc) is 2.91. The smallest absolute Gasteiger partial charge is 0.221 e. The van der Waals surface area contributed by atoms with E-state index in [0.29, 0.717) is 47.1 Å². The van der Waals surface area contributed by atoms with Crippen molar-refractivity contribution in [3.63, 3.8) is 0 Å². The van der Waals surface area contributed by atoms with Crippen molar-refractivity contribution in [1.29, 1.82) is 0 Å². The van der Waals surface area contributed by atoms with Crippen LogP contribution in [0.1, 0.15) is 12.0 Å². The van der Waals surface area contributed by atoms with Crippen molar-refractivity contribution in [1.82, 2.24) is 5.32 Å². The summed E-state index contributed by atoms with van der Waals surface area (Å²) in [6, 6.07) is 11.0. The highest BCUT2D eigenvalue weighted by Gasteiger charge is 2.18. The lowest BCUT2D eigenvalue weighted by Crippen LogP contribution is -2.24. The molecule has 15 heteroatoms. The van der Waals surface area contributed by atoms with Crippen LogP contribution in [0.5, 0.6) is 17.2 Å². The number of carbonyl (C=O) groups is 1. The summed E-state index contributed by atoms with van der Waals surface area (Å²) in [6.45, 7) is 1.63. The van der Waals surface area contributed by atoms with Crippen molar-refractivity contribution in [2.24, 2.45) is 49.4 Å². The molecule has 0 unspecified atom stereocenters. The second kappa shape index (κ2) is 17.1. The lowest BCUT2D eigenvalue weighted by Gasteiger charge is -2.19. The van der Waals surface area contributed by atoms with E-state index in [1.54, 1.807) is 12.1 Å². The summed E-state index contributed by atoms with van der Waals surface area (Å²) in [5.41, 5.74) is 34.8. The van der Waals surface area contributed by atoms with Crippen LogP contribution in [0.3, 0.4) is 0 Å². The van der Waals surface area contributed by atoms with E-state index in [4.69, 9.17) is 48.6 Å². The Hall–Kier alpha value is -4.53. The van der Waals surface area contributed by atoms with E-state index in [1.807, 2.05) is 24.3 Å². The van der Waals surface area contributed by atoms with Crippen molar-refractivity contribution in [2.75, 3.05) is 45.2 Å². The summed E-state index contributed by atoms with van der Waals surface area (Å²) in [5, 5.41) is 2.88. The average molecular weight is 575 g/mol. The minimum absolute atomic E-state index is 0.0295. The Morgan fingerprint density at radius 2 is 1.32 bits per heavy atom. The van der Waals surface area contributed by atoms with Crippen LogP contribution in [-0.4, -0.2) is 69.0 Å². The number of nitrogens with two attached hydrogens (primary N) is 6. The van der Waals surface area contributed by atoms with Crippen molar-refractivity contribution < 1.29 is 19.0 Å². The Bertz CT molecular complexity index is 1190. The minimum atomic E-state index is -0.103. The molecular formula is C25H38N10O4S. The van der Waals surface area contributed by atoms with Crippen molar-refractivity contribution in [2.45, 2.75) is 13.0 Å². The third kappa shape index (κ3) is 11.5. The molecule has 2 aromatic rings. The van der Waals surface area contributed by atoms with Crippen LogP contribution in [0, 0.1) is 0 Å². The third-order valence-electron chi connectivity index (χ3n) is 5.06. The van der Waals surface area contributed by atoms with Gasteiger partial charge in [0.2, 0.25) is 5.91 Å². The van der Waals surface area contributed by atoms with Crippen LogP contribution < -0.4 is 53.9 Å². The largest absolute Gasteiger partial charge is 0.491 e. The topological polar surface area (TPSA) is 250 Å². The number of ether oxygens (including phenoxy) is 3. The van der Waals surface area contributed by atoms with E-state index in [0.717, 1.165) is 5.56 Å². The van der Waals surface area contributed by atoms with Gasteiger partial charge < -0.3 is 53.9 Å². The predicted molar refractivity (Wildman–Crippen MR) is 161 cm³/mol. The van der Waals surface area contributed by atoms with E-state index in [9.17, 15) is 4.79 Å². The molecule has 13 N–H and O–H groups in total. The summed E-state index contributed by atoms with van der Waals surface area (Å²) >= 11 is 4.11. The number of benzene rings is 2. The Labute approximate surface area is 238 Å². The van der Waals surface area contributed by atoms with Gasteiger partial charge in [0.05, 0.1) is 19.6 Å². The lowest BCUT2D eigenvalue weighted by molar-refractivity contribution is -0.120. The Morgan fingerprint density at radius 3 is 1.90 bits per heavy atom. The maximum atomic E-state index is 12.0. The first-order valence-electron chi connectivity index (χ1n) is 12.4. The number of nitrogens with zero attached hydrogens (tertiary/aromatic N) is 3. The number of nitrogens with one attached hydrogen (secondary N) is 1. The standard InChI is InChI=1S/C25H38N10O4S/c26-23(27)32-7-10-37-19-5-4-16(15-35-21(36)6-13-40)14-18(19)17-2-1-3-20(38-11-8-33-24(28)29)22(17)39-12-9-34-25(30)31/h1-5,14,40H,6-13,15H2,(H,35,36)(H4,26,27,32)(H4,28,29,33)(H4,30,31,34). The molecule has 2 rings (SSSR count). The normalized spacial score (nSPS) is 10.2. The van der Waals surface area contributed by atoms with Gasteiger partial charge in [0, 0.05) is 24.1 Å². The summed E-state index contributed by atoms with van der Waals surface area (Å²) < 4.78 is 18.1. The van der Waals surface area contributed by atoms with Gasteiger partial charge >= 0.3 is 0 Å². The number of aliphatic imine (C=N–C) groups is 3. The summed E-state index contributed by atoms with van der Waals surface area (Å²) in [5.74, 6) is 1.67. The molecule has 2 aromatic carbocycles. The van der Waals surface area contributed by atoms with Crippen LogP contribution in [0.15, 0.2) is 51.4 Å². The number of thiol groups is 1. The molecule has 40 heavy (non-hydrogen) atoms. The van der Waals surface area contributed by atoms with Crippen LogP contribution in [0.4, 0.5) is 0 Å². The van der Waals surface area contributed by atoms with Gasteiger partial charge in [-0.15, -0.1) is 0 Å². The predicted octanol–water partition coefficient (Wildman–Crippen LogP) is -0.754. The third-order valence-corrected chi connectivity index (χ3v) is 5.28. The molecule has 0 spiro atoms. The molecule has 0 aromatic heterocycles. The monoisotopic (exact) mass is 574 g/mol. The highest BCUT2D eigenvalue weighted by atomic mass is 32.1. The van der Waals surface area contributed by atoms with Crippen LogP contribution >= 0.6 is 12.6 Å². The Balaban J connectivity index is 2.48. The van der Waals surface area contributed by atoms with E-state index in [-0.39, 0.29) is 63.2 Å². The Kier molecular flexibility index (Phi) is 13.6. The molecule has 0 aliphatic rings. The lowest BCUT2D eigenvalue weighted by atomic mass is 10.00. The first kappa shape index (κ1) is 31.7. The summed E-state index contributed by atoms with van der Waals surface area (Å²) in [4.78, 5) is 23.9. The molecular weight excluding hydrogens is 536 g/mol. The number of para-hydroxylation sites is 1. The molecule has 14 nitrogen and oxygen atoms in total. The van der Waals surface area contributed by atoms with E-state index in [2.05, 4.69) is 32.9 Å². The maximum Gasteiger partial charge on any atom is 0.221 e. The van der Waals surface area contributed by atoms with Gasteiger partial charge in [0.15, 0.2) is 29.4 Å². The van der Waals surface area contributed by atoms with E-state index < -0.39 is 0 Å². The molecule has 0 aliphatic carbocycles. The van der Waals surface area contributed by atoms with E-state index in [1.165, 1.54) is 0 Å². The molecule has 0 fully saturated rings. The van der Waals surface area contributed by atoms with Crippen LogP contribution in [-0.2, 0) is 11.3 Å². The number of amides is 1. The fourth-order valence-electron chi connectivity index (χ4n) is 3.39. The zero-order chi connectivity index (χ0) is 29.3. The number of rotatable bonds is 17. The van der Waals surface area contributed by atoms with Gasteiger partial charge in [-0.3, -0.25) is 19.8 Å². The fraction of sp³-hybridized carbons (Fsp3) is 0.360. The number of carbonyl (C=O) groups excluding carboxylic acids is 1. The van der Waals surface area contributed by atoms with Gasteiger partial charge in [-0.25, -0.2) is 0 Å². The molecule has 0 saturated heterocycles. The van der Waals surface area contributed by atoms with Crippen molar-refractivity contribution in [3.8, 4) is 28.4 Å². The second-order valence-corrected chi connectivity index (χ2v) is 8.63. The number of guanidine groups is 3. The van der Waals surface area contributed by atoms with Crippen molar-refractivity contribution in [3.05, 3.63) is 42.0 Å². The van der Waals surface area contributed by atoms with Crippen LogP contribution in [0.2, 0.25) is 0 Å². The molecule has 0 atom stereocenters. The van der Waals surface area contributed by atoms with Gasteiger partial charge in [-0.2, -0.15) is 12.6 Å². The zero-order valence-electron chi connectivity index (χ0n) is 22.2. The fourth-order valence-corrected chi connectivity index (χ4v) is 3.59. The first-order chi connectivity index (χ1) is 19.2. The van der Waals surface area contributed by atoms with Gasteiger partial charge in [0.25, 0.3) is 0 Å². The second-order valence-electron chi connectivity index (χ2n) is 8.18. The Morgan fingerprint density at radius 1 is 0.750 bits per heavy atom. The molecule has 0 radical (unpaired) electrons. The van der Waals surface area contributed by atoms with Gasteiger partial charge in [-0.1, -0.05) is 18.2 Å². The molecule has 0 bridgehead atoms. The van der Waals surface area contributed by atoms with Crippen molar-refractivity contribution >= 4 is 36.4 Å². The molecule has 0 heterocycles. The van der Waals surface area contributed by atoms with Gasteiger partial charge in [0.1, 0.15) is 25.6 Å². The quantitative estimate of drug-likeness (QED) is 0.0507. The zero-order valence-corrected chi connectivity index (χ0v) is 23.1. The van der Waals surface area contributed by atoms with E-state index >= 15 is 0 Å². The molecule has 0 aliphatic heterocycles. The highest BCUT2D eigenvalue weighted by Crippen LogP contribution is 2.42. The van der Waals surface area contributed by atoms with Gasteiger partial charge in [-0.05, 0) is 29.5 Å². The molecule has 1 amide bonds. The number of hydrogen-bond donors (Lipinski definition) is 8. The molecule has 0 saturated carbocycles. The SMILES string of the molecule is NC(N)=NCCOc1ccc(CNC(=O)CCS)cc1-c1cccc(OCCN=C(N)N)c1OCCN=C(N)N. The number of hydrogen-bond acceptors (Lipinski definition) is 8. The van der Waals surface area contributed by atoms with Crippen LogP contribution in [0.25, 0.3) is 11.1 Å². The minimum Gasteiger partial charge on any atom is -0.491 e. The maximum absolute atomic E-state index is 12.0. The summed E-state index contributed by atoms with van der Waals surface area (Å²) in [6.07, 6.45) is 0.314. The first-order valence-corrected chi connectivity index (χ1v) is 13.0. The molecule has 218 valence electrons.